The fourth-order valence-electron chi connectivity index (χ4n) is 1.02. The van der Waals surface area contributed by atoms with Gasteiger partial charge < -0.3 is 9.84 Å². The lowest BCUT2D eigenvalue weighted by atomic mass is 10.1. The Morgan fingerprint density at radius 2 is 2.29 bits per heavy atom. The van der Waals surface area contributed by atoms with E-state index in [1.54, 1.807) is 0 Å². The van der Waals surface area contributed by atoms with E-state index in [1.807, 2.05) is 0 Å². The highest BCUT2D eigenvalue weighted by Crippen LogP contribution is 2.26. The van der Waals surface area contributed by atoms with Crippen molar-refractivity contribution in [3.8, 4) is 5.75 Å². The van der Waals surface area contributed by atoms with E-state index in [-0.39, 0.29) is 12.2 Å². The third-order valence-corrected chi connectivity index (χ3v) is 2.40. The van der Waals surface area contributed by atoms with Crippen molar-refractivity contribution < 1.29 is 19.0 Å². The summed E-state index contributed by atoms with van der Waals surface area (Å²) in [5.41, 5.74) is 0.385. The third-order valence-electron chi connectivity index (χ3n) is 1.66. The van der Waals surface area contributed by atoms with Crippen LogP contribution < -0.4 is 4.74 Å². The Morgan fingerprint density at radius 3 is 2.79 bits per heavy atom. The molecule has 0 bridgehead atoms. The minimum absolute atomic E-state index is 0.0889. The van der Waals surface area contributed by atoms with Gasteiger partial charge in [0.25, 0.3) is 0 Å². The first-order valence-electron chi connectivity index (χ1n) is 3.78. The van der Waals surface area contributed by atoms with Gasteiger partial charge in [0, 0.05) is 4.47 Å². The van der Waals surface area contributed by atoms with Crippen molar-refractivity contribution in [1.82, 2.24) is 0 Å². The van der Waals surface area contributed by atoms with Crippen LogP contribution in [0.4, 0.5) is 4.39 Å². The Labute approximate surface area is 88.6 Å². The molecule has 5 heteroatoms. The molecule has 1 aromatic carbocycles. The van der Waals surface area contributed by atoms with Gasteiger partial charge in [-0.3, -0.25) is 4.79 Å². The summed E-state index contributed by atoms with van der Waals surface area (Å²) in [7, 11) is 1.35. The van der Waals surface area contributed by atoms with E-state index < -0.39 is 11.8 Å². The second-order valence-electron chi connectivity index (χ2n) is 2.65. The third kappa shape index (κ3) is 2.45. The number of carbonyl (C=O) groups is 1. The normalized spacial score (nSPS) is 9.93. The number of hydrogen-bond acceptors (Lipinski definition) is 2. The SMILES string of the molecule is COc1cc(Br)c(CC(=O)O)cc1F. The smallest absolute Gasteiger partial charge is 0.307 e. The van der Waals surface area contributed by atoms with Crippen molar-refractivity contribution in [3.05, 3.63) is 28.0 Å². The van der Waals surface area contributed by atoms with Crippen LogP contribution in [0.25, 0.3) is 0 Å². The molecule has 0 saturated carbocycles. The molecule has 0 spiro atoms. The molecule has 0 fully saturated rings. The highest BCUT2D eigenvalue weighted by molar-refractivity contribution is 9.10. The summed E-state index contributed by atoms with van der Waals surface area (Å²) in [6, 6.07) is 2.56. The molecule has 0 aliphatic carbocycles. The monoisotopic (exact) mass is 262 g/mol. The molecule has 0 amide bonds. The van der Waals surface area contributed by atoms with E-state index in [0.29, 0.717) is 10.0 Å². The number of ether oxygens (including phenoxy) is 1. The van der Waals surface area contributed by atoms with E-state index in [2.05, 4.69) is 15.9 Å². The van der Waals surface area contributed by atoms with E-state index >= 15 is 0 Å². The van der Waals surface area contributed by atoms with Gasteiger partial charge in [-0.25, -0.2) is 4.39 Å². The fourth-order valence-corrected chi connectivity index (χ4v) is 1.49. The maximum atomic E-state index is 13.1. The molecule has 0 heterocycles. The fraction of sp³-hybridized carbons (Fsp3) is 0.222. The summed E-state index contributed by atoms with van der Waals surface area (Å²) >= 11 is 3.14. The van der Waals surface area contributed by atoms with Crippen LogP contribution in [-0.4, -0.2) is 18.2 Å². The number of carboxylic acid groups (broad SMARTS) is 1. The Balaban J connectivity index is 3.08. The molecule has 0 aromatic heterocycles. The van der Waals surface area contributed by atoms with Crippen LogP contribution in [0.3, 0.4) is 0 Å². The van der Waals surface area contributed by atoms with Crippen molar-refractivity contribution in [2.45, 2.75) is 6.42 Å². The van der Waals surface area contributed by atoms with Gasteiger partial charge in [-0.2, -0.15) is 0 Å². The minimum Gasteiger partial charge on any atom is -0.494 e. The van der Waals surface area contributed by atoms with Gasteiger partial charge in [0.15, 0.2) is 11.6 Å². The second kappa shape index (κ2) is 4.41. The van der Waals surface area contributed by atoms with Gasteiger partial charge in [-0.05, 0) is 17.7 Å². The quantitative estimate of drug-likeness (QED) is 0.909. The molecule has 1 rings (SSSR count). The molecule has 0 saturated heterocycles. The first kappa shape index (κ1) is 11.0. The molecule has 0 aliphatic heterocycles. The van der Waals surface area contributed by atoms with E-state index in [4.69, 9.17) is 9.84 Å². The summed E-state index contributed by atoms with van der Waals surface area (Å²) in [6.07, 6.45) is -0.221. The van der Waals surface area contributed by atoms with Crippen molar-refractivity contribution >= 4 is 21.9 Å². The van der Waals surface area contributed by atoms with Crippen molar-refractivity contribution in [3.63, 3.8) is 0 Å². The predicted octanol–water partition coefficient (Wildman–Crippen LogP) is 2.22. The Kier molecular flexibility index (Phi) is 3.46. The van der Waals surface area contributed by atoms with Crippen molar-refractivity contribution in [1.29, 1.82) is 0 Å². The Morgan fingerprint density at radius 1 is 1.64 bits per heavy atom. The zero-order chi connectivity index (χ0) is 10.7. The Bertz CT molecular complexity index is 365. The molecular formula is C9H8BrFO3. The van der Waals surface area contributed by atoms with Crippen LogP contribution in [0, 0.1) is 5.82 Å². The maximum Gasteiger partial charge on any atom is 0.307 e. The standard InChI is InChI=1S/C9H8BrFO3/c1-14-8-4-6(10)5(2-7(8)11)3-9(12)13/h2,4H,3H2,1H3,(H,12,13). The average Bonchev–Trinajstić information content (AvgIpc) is 2.10. The van der Waals surface area contributed by atoms with Crippen LogP contribution in [0.5, 0.6) is 5.75 Å². The predicted molar refractivity (Wildman–Crippen MR) is 52.0 cm³/mol. The minimum atomic E-state index is -1.00. The summed E-state index contributed by atoms with van der Waals surface area (Å²) in [5.74, 6) is -1.48. The van der Waals surface area contributed by atoms with Crippen LogP contribution >= 0.6 is 15.9 Å². The number of hydrogen-bond donors (Lipinski definition) is 1. The van der Waals surface area contributed by atoms with E-state index in [9.17, 15) is 9.18 Å². The number of rotatable bonds is 3. The van der Waals surface area contributed by atoms with Crippen LogP contribution in [0.1, 0.15) is 5.56 Å². The average molecular weight is 263 g/mol. The van der Waals surface area contributed by atoms with Gasteiger partial charge in [0.05, 0.1) is 13.5 Å². The summed E-state index contributed by atoms with van der Waals surface area (Å²) in [6.45, 7) is 0. The number of halogens is 2. The van der Waals surface area contributed by atoms with E-state index in [1.165, 1.54) is 13.2 Å². The van der Waals surface area contributed by atoms with Crippen LogP contribution in [0.2, 0.25) is 0 Å². The molecule has 14 heavy (non-hydrogen) atoms. The van der Waals surface area contributed by atoms with Gasteiger partial charge in [-0.1, -0.05) is 15.9 Å². The lowest BCUT2D eigenvalue weighted by molar-refractivity contribution is -0.136. The van der Waals surface area contributed by atoms with Gasteiger partial charge >= 0.3 is 5.97 Å². The largest absolute Gasteiger partial charge is 0.494 e. The number of benzene rings is 1. The molecule has 0 atom stereocenters. The number of carboxylic acids is 1. The molecule has 1 N–H and O–H groups in total. The lowest BCUT2D eigenvalue weighted by Gasteiger charge is -2.06. The molecule has 76 valence electrons. The highest BCUT2D eigenvalue weighted by Gasteiger charge is 2.10. The molecule has 0 radical (unpaired) electrons. The topological polar surface area (TPSA) is 46.5 Å². The summed E-state index contributed by atoms with van der Waals surface area (Å²) in [4.78, 5) is 10.4. The first-order chi connectivity index (χ1) is 6.54. The van der Waals surface area contributed by atoms with Crippen molar-refractivity contribution in [2.75, 3.05) is 7.11 Å². The van der Waals surface area contributed by atoms with E-state index in [0.717, 1.165) is 6.07 Å². The molecule has 1 aromatic rings. The van der Waals surface area contributed by atoms with Crippen molar-refractivity contribution in [2.24, 2.45) is 0 Å². The first-order valence-corrected chi connectivity index (χ1v) is 4.57. The lowest BCUT2D eigenvalue weighted by Crippen LogP contribution is -2.02. The molecule has 0 unspecified atom stereocenters. The molecular weight excluding hydrogens is 255 g/mol. The zero-order valence-electron chi connectivity index (χ0n) is 7.38. The second-order valence-corrected chi connectivity index (χ2v) is 3.50. The van der Waals surface area contributed by atoms with Gasteiger partial charge in [0.2, 0.25) is 0 Å². The number of methoxy groups -OCH3 is 1. The summed E-state index contributed by atoms with van der Waals surface area (Å²) < 4.78 is 18.4. The van der Waals surface area contributed by atoms with Crippen LogP contribution in [-0.2, 0) is 11.2 Å². The Hall–Kier alpha value is -1.10. The summed E-state index contributed by atoms with van der Waals surface area (Å²) in [5, 5.41) is 8.53. The maximum absolute atomic E-state index is 13.1. The van der Waals surface area contributed by atoms with Gasteiger partial charge in [0.1, 0.15) is 0 Å². The van der Waals surface area contributed by atoms with Crippen LogP contribution in [0.15, 0.2) is 16.6 Å². The molecule has 3 nitrogen and oxygen atoms in total. The highest BCUT2D eigenvalue weighted by atomic mass is 79.9. The zero-order valence-corrected chi connectivity index (χ0v) is 8.97. The molecule has 0 aliphatic rings. The number of aliphatic carboxylic acids is 1. The van der Waals surface area contributed by atoms with Gasteiger partial charge in [-0.15, -0.1) is 0 Å².